The fraction of sp³-hybridized carbons (Fsp3) is 0.286. The Labute approximate surface area is 127 Å². The molecule has 0 aliphatic carbocycles. The summed E-state index contributed by atoms with van der Waals surface area (Å²) >= 11 is 11.7. The van der Waals surface area contributed by atoms with Crippen molar-refractivity contribution in [3.63, 3.8) is 0 Å². The molecule has 0 radical (unpaired) electrons. The average Bonchev–Trinajstić information content (AvgIpc) is 2.42. The second-order valence-corrected chi connectivity index (χ2v) is 5.24. The molecule has 0 aliphatic rings. The molecule has 106 valence electrons. The van der Waals surface area contributed by atoms with Gasteiger partial charge in [0, 0.05) is 24.8 Å². The van der Waals surface area contributed by atoms with E-state index in [2.05, 4.69) is 15.3 Å². The Morgan fingerprint density at radius 2 is 2.05 bits per heavy atom. The molecule has 2 aromatic heterocycles. The topological polar surface area (TPSA) is 58.0 Å². The zero-order valence-corrected chi connectivity index (χ0v) is 12.5. The summed E-state index contributed by atoms with van der Waals surface area (Å²) in [5.41, 5.74) is 2.54. The van der Waals surface area contributed by atoms with E-state index in [-0.39, 0.29) is 0 Å². The Morgan fingerprint density at radius 3 is 2.70 bits per heavy atom. The van der Waals surface area contributed by atoms with Crippen LogP contribution in [0.1, 0.15) is 22.9 Å². The Morgan fingerprint density at radius 1 is 1.25 bits per heavy atom. The summed E-state index contributed by atoms with van der Waals surface area (Å²) in [7, 11) is 0. The molecule has 0 spiro atoms. The molecule has 4 nitrogen and oxygen atoms in total. The van der Waals surface area contributed by atoms with Crippen molar-refractivity contribution in [2.24, 2.45) is 0 Å². The largest absolute Gasteiger partial charge is 0.385 e. The van der Waals surface area contributed by atoms with Gasteiger partial charge in [0.15, 0.2) is 0 Å². The number of aliphatic hydroxyl groups excluding tert-OH is 1. The van der Waals surface area contributed by atoms with Gasteiger partial charge in [-0.2, -0.15) is 0 Å². The van der Waals surface area contributed by atoms with Gasteiger partial charge in [-0.05, 0) is 24.6 Å². The zero-order chi connectivity index (χ0) is 14.5. The Hall–Kier alpha value is -1.20. The van der Waals surface area contributed by atoms with Crippen molar-refractivity contribution in [2.75, 3.05) is 6.54 Å². The average molecular weight is 312 g/mol. The number of hydrogen-bond acceptors (Lipinski definition) is 4. The summed E-state index contributed by atoms with van der Waals surface area (Å²) in [6.07, 6.45) is 1.08. The van der Waals surface area contributed by atoms with Crippen molar-refractivity contribution in [1.82, 2.24) is 15.3 Å². The molecule has 0 fully saturated rings. The lowest BCUT2D eigenvalue weighted by atomic mass is 10.2. The molecular formula is C14H15Cl2N3O. The molecule has 1 atom stereocenters. The minimum atomic E-state index is -0.658. The van der Waals surface area contributed by atoms with E-state index in [0.29, 0.717) is 29.1 Å². The van der Waals surface area contributed by atoms with Gasteiger partial charge in [0.2, 0.25) is 0 Å². The van der Waals surface area contributed by atoms with Crippen LogP contribution in [0.5, 0.6) is 0 Å². The maximum atomic E-state index is 10.0. The first-order chi connectivity index (χ1) is 9.56. The lowest BCUT2D eigenvalue weighted by Crippen LogP contribution is -2.22. The third-order valence-corrected chi connectivity index (χ3v) is 3.36. The van der Waals surface area contributed by atoms with Crippen molar-refractivity contribution >= 4 is 23.2 Å². The van der Waals surface area contributed by atoms with Gasteiger partial charge in [0.05, 0.1) is 5.69 Å². The molecule has 1 unspecified atom stereocenters. The Balaban J connectivity index is 1.87. The summed E-state index contributed by atoms with van der Waals surface area (Å²) in [6, 6.07) is 7.23. The SMILES string of the molecule is Cc1ccc(C(O)CNCc2ccc(Cl)nc2Cl)nc1. The second-order valence-electron chi connectivity index (χ2n) is 4.49. The minimum Gasteiger partial charge on any atom is -0.385 e. The maximum absolute atomic E-state index is 10.0. The maximum Gasteiger partial charge on any atom is 0.135 e. The predicted molar refractivity (Wildman–Crippen MR) is 79.9 cm³/mol. The van der Waals surface area contributed by atoms with Crippen LogP contribution in [0.2, 0.25) is 10.3 Å². The van der Waals surface area contributed by atoms with E-state index in [0.717, 1.165) is 11.1 Å². The number of aromatic nitrogens is 2. The number of nitrogens with zero attached hydrogens (tertiary/aromatic N) is 2. The van der Waals surface area contributed by atoms with Crippen LogP contribution in [0.3, 0.4) is 0 Å². The van der Waals surface area contributed by atoms with E-state index in [4.69, 9.17) is 23.2 Å². The number of aliphatic hydroxyl groups is 1. The first-order valence-electron chi connectivity index (χ1n) is 6.18. The van der Waals surface area contributed by atoms with Gasteiger partial charge in [0.1, 0.15) is 16.4 Å². The van der Waals surface area contributed by atoms with Gasteiger partial charge in [-0.1, -0.05) is 35.3 Å². The van der Waals surface area contributed by atoms with Crippen LogP contribution in [0, 0.1) is 6.92 Å². The molecule has 0 aromatic carbocycles. The van der Waals surface area contributed by atoms with Crippen molar-refractivity contribution in [1.29, 1.82) is 0 Å². The normalized spacial score (nSPS) is 12.4. The molecule has 6 heteroatoms. The summed E-state index contributed by atoms with van der Waals surface area (Å²) in [6.45, 7) is 2.85. The predicted octanol–water partition coefficient (Wildman–Crippen LogP) is 2.92. The van der Waals surface area contributed by atoms with Gasteiger partial charge in [-0.15, -0.1) is 0 Å². The first-order valence-corrected chi connectivity index (χ1v) is 6.94. The Kier molecular flexibility index (Phi) is 5.31. The third-order valence-electron chi connectivity index (χ3n) is 2.82. The van der Waals surface area contributed by atoms with Crippen molar-refractivity contribution < 1.29 is 5.11 Å². The van der Waals surface area contributed by atoms with Crippen LogP contribution in [0.25, 0.3) is 0 Å². The first kappa shape index (κ1) is 15.2. The monoisotopic (exact) mass is 311 g/mol. The molecule has 0 amide bonds. The van der Waals surface area contributed by atoms with Gasteiger partial charge in [0.25, 0.3) is 0 Å². The standard InChI is InChI=1S/C14H15Cl2N3O/c1-9-2-4-11(18-6-9)12(20)8-17-7-10-3-5-13(15)19-14(10)16/h2-6,12,17,20H,7-8H2,1H3. The van der Waals surface area contributed by atoms with E-state index in [9.17, 15) is 5.11 Å². The lowest BCUT2D eigenvalue weighted by molar-refractivity contribution is 0.169. The molecule has 2 aromatic rings. The summed E-state index contributed by atoms with van der Waals surface area (Å²) in [5, 5.41) is 13.9. The molecule has 2 heterocycles. The van der Waals surface area contributed by atoms with E-state index >= 15 is 0 Å². The van der Waals surface area contributed by atoms with Crippen molar-refractivity contribution in [2.45, 2.75) is 19.6 Å². The van der Waals surface area contributed by atoms with E-state index < -0.39 is 6.10 Å². The number of halogens is 2. The van der Waals surface area contributed by atoms with Crippen molar-refractivity contribution in [3.05, 3.63) is 57.6 Å². The number of aryl methyl sites for hydroxylation is 1. The van der Waals surface area contributed by atoms with Crippen LogP contribution >= 0.6 is 23.2 Å². The summed E-state index contributed by atoms with van der Waals surface area (Å²) in [4.78, 5) is 8.14. The fourth-order valence-electron chi connectivity index (χ4n) is 1.70. The third kappa shape index (κ3) is 4.15. The molecular weight excluding hydrogens is 297 g/mol. The van der Waals surface area contributed by atoms with E-state index in [1.165, 1.54) is 0 Å². The number of nitrogens with one attached hydrogen (secondary N) is 1. The fourth-order valence-corrected chi connectivity index (χ4v) is 2.11. The Bertz CT molecular complexity index is 575. The minimum absolute atomic E-state index is 0.364. The van der Waals surface area contributed by atoms with Crippen LogP contribution < -0.4 is 5.32 Å². The van der Waals surface area contributed by atoms with Crippen molar-refractivity contribution in [3.8, 4) is 0 Å². The number of rotatable bonds is 5. The van der Waals surface area contributed by atoms with Gasteiger partial charge in [-0.25, -0.2) is 4.98 Å². The van der Waals surface area contributed by atoms with E-state index in [1.807, 2.05) is 19.1 Å². The molecule has 2 N–H and O–H groups in total. The highest BCUT2D eigenvalue weighted by atomic mass is 35.5. The lowest BCUT2D eigenvalue weighted by Gasteiger charge is -2.12. The summed E-state index contributed by atoms with van der Waals surface area (Å²) < 4.78 is 0. The highest BCUT2D eigenvalue weighted by Crippen LogP contribution is 2.16. The van der Waals surface area contributed by atoms with Gasteiger partial charge < -0.3 is 10.4 Å². The van der Waals surface area contributed by atoms with E-state index in [1.54, 1.807) is 18.3 Å². The highest BCUT2D eigenvalue weighted by molar-refractivity contribution is 6.32. The molecule has 0 saturated carbocycles. The smallest absolute Gasteiger partial charge is 0.135 e. The van der Waals surface area contributed by atoms with Crippen LogP contribution in [-0.4, -0.2) is 21.6 Å². The zero-order valence-electron chi connectivity index (χ0n) is 11.0. The van der Waals surface area contributed by atoms with Gasteiger partial charge in [-0.3, -0.25) is 4.98 Å². The van der Waals surface area contributed by atoms with Crippen LogP contribution in [0.15, 0.2) is 30.5 Å². The molecule has 2 rings (SSSR count). The second kappa shape index (κ2) is 6.99. The summed E-state index contributed by atoms with van der Waals surface area (Å²) in [5.74, 6) is 0. The van der Waals surface area contributed by atoms with Crippen LogP contribution in [-0.2, 0) is 6.54 Å². The quantitative estimate of drug-likeness (QED) is 0.834. The number of hydrogen-bond donors (Lipinski definition) is 2. The van der Waals surface area contributed by atoms with Crippen LogP contribution in [0.4, 0.5) is 0 Å². The molecule has 0 bridgehead atoms. The highest BCUT2D eigenvalue weighted by Gasteiger charge is 2.09. The molecule has 20 heavy (non-hydrogen) atoms. The van der Waals surface area contributed by atoms with Gasteiger partial charge >= 0.3 is 0 Å². The number of pyridine rings is 2. The molecule has 0 saturated heterocycles. The molecule has 0 aliphatic heterocycles.